The second-order valence-corrected chi connectivity index (χ2v) is 9.35. The van der Waals surface area contributed by atoms with Crippen molar-refractivity contribution < 1.29 is 27.4 Å². The molecule has 152 valence electrons. The molecule has 2 aromatic carbocycles. The molecule has 0 unspecified atom stereocenters. The lowest BCUT2D eigenvalue weighted by molar-refractivity contribution is -0.115. The number of aromatic nitrogens is 1. The van der Waals surface area contributed by atoms with Crippen LogP contribution in [-0.2, 0) is 21.7 Å². The predicted octanol–water partition coefficient (Wildman–Crippen LogP) is 1.92. The first-order chi connectivity index (χ1) is 13.9. The molecular formula is C19H18N2O6S2. The Morgan fingerprint density at radius 2 is 1.83 bits per heavy atom. The minimum absolute atomic E-state index is 0.0459. The molecule has 8 nitrogen and oxygen atoms in total. The summed E-state index contributed by atoms with van der Waals surface area (Å²) in [5.74, 6) is 0.367. The van der Waals surface area contributed by atoms with Gasteiger partial charge in [0.15, 0.2) is 26.1 Å². The zero-order valence-corrected chi connectivity index (χ0v) is 17.4. The molecule has 0 fully saturated rings. The number of rotatable bonds is 4. The molecule has 0 atom stereocenters. The second-order valence-electron chi connectivity index (χ2n) is 6.35. The molecule has 29 heavy (non-hydrogen) atoms. The maximum atomic E-state index is 12.5. The number of nitrogens with zero attached hydrogens (tertiary/aromatic N) is 2. The van der Waals surface area contributed by atoms with E-state index < -0.39 is 21.5 Å². The van der Waals surface area contributed by atoms with Crippen LogP contribution in [0.3, 0.4) is 0 Å². The number of sulfone groups is 1. The number of carbonyl (C=O) groups excluding carboxylic acids is 1. The summed E-state index contributed by atoms with van der Waals surface area (Å²) >= 11 is 1.28. The first-order valence-electron chi connectivity index (χ1n) is 8.71. The van der Waals surface area contributed by atoms with E-state index in [4.69, 9.17) is 14.2 Å². The molecule has 0 saturated carbocycles. The summed E-state index contributed by atoms with van der Waals surface area (Å²) < 4.78 is 43.8. The SMILES string of the molecule is COc1ccc(S(=O)(=O)CC(=O)N=c2sc3cc4c(cc3n2C)OCCO4)cc1. The largest absolute Gasteiger partial charge is 0.497 e. The van der Waals surface area contributed by atoms with Crippen molar-refractivity contribution in [3.63, 3.8) is 0 Å². The minimum Gasteiger partial charge on any atom is -0.497 e. The van der Waals surface area contributed by atoms with Crippen LogP contribution >= 0.6 is 11.3 Å². The highest BCUT2D eigenvalue weighted by molar-refractivity contribution is 7.92. The van der Waals surface area contributed by atoms with Crippen LogP contribution < -0.4 is 19.0 Å². The van der Waals surface area contributed by atoms with Gasteiger partial charge in [-0.05, 0) is 24.3 Å². The van der Waals surface area contributed by atoms with E-state index in [9.17, 15) is 13.2 Å². The van der Waals surface area contributed by atoms with Gasteiger partial charge in [-0.1, -0.05) is 11.3 Å². The Hall–Kier alpha value is -2.85. The standard InChI is InChI=1S/C19H18N2O6S2/c1-21-14-9-15-16(27-8-7-26-15)10-17(14)28-19(21)20-18(22)11-29(23,24)13-5-3-12(25-2)4-6-13/h3-6,9-10H,7-8,11H2,1-2H3. The van der Waals surface area contributed by atoms with Gasteiger partial charge in [0.25, 0.3) is 5.91 Å². The van der Waals surface area contributed by atoms with Crippen LogP contribution in [0.5, 0.6) is 17.2 Å². The highest BCUT2D eigenvalue weighted by Gasteiger charge is 2.20. The van der Waals surface area contributed by atoms with Gasteiger partial charge < -0.3 is 18.8 Å². The third-order valence-corrected chi connectivity index (χ3v) is 7.14. The van der Waals surface area contributed by atoms with Crippen LogP contribution in [0.4, 0.5) is 0 Å². The Kier molecular flexibility index (Phi) is 5.05. The van der Waals surface area contributed by atoms with Crippen molar-refractivity contribution in [2.24, 2.45) is 12.0 Å². The number of methoxy groups -OCH3 is 1. The van der Waals surface area contributed by atoms with Crippen LogP contribution in [0.15, 0.2) is 46.3 Å². The van der Waals surface area contributed by atoms with Crippen molar-refractivity contribution >= 4 is 37.3 Å². The van der Waals surface area contributed by atoms with Gasteiger partial charge in [0, 0.05) is 19.2 Å². The van der Waals surface area contributed by atoms with Crippen molar-refractivity contribution in [1.82, 2.24) is 4.57 Å². The average Bonchev–Trinajstić information content (AvgIpc) is 3.00. The zero-order valence-electron chi connectivity index (χ0n) is 15.7. The van der Waals surface area contributed by atoms with Crippen molar-refractivity contribution in [3.8, 4) is 17.2 Å². The van der Waals surface area contributed by atoms with E-state index >= 15 is 0 Å². The quantitative estimate of drug-likeness (QED) is 0.623. The van der Waals surface area contributed by atoms with Crippen molar-refractivity contribution in [2.45, 2.75) is 4.90 Å². The summed E-state index contributed by atoms with van der Waals surface area (Å²) in [6, 6.07) is 9.56. The molecule has 3 aromatic rings. The lowest BCUT2D eigenvalue weighted by atomic mass is 10.3. The third kappa shape index (κ3) is 3.85. The fourth-order valence-electron chi connectivity index (χ4n) is 2.94. The van der Waals surface area contributed by atoms with E-state index in [2.05, 4.69) is 4.99 Å². The number of aryl methyl sites for hydroxylation is 1. The van der Waals surface area contributed by atoms with Crippen molar-refractivity contribution in [1.29, 1.82) is 0 Å². The fraction of sp³-hybridized carbons (Fsp3) is 0.263. The summed E-state index contributed by atoms with van der Waals surface area (Å²) in [4.78, 5) is 16.9. The van der Waals surface area contributed by atoms with Crippen molar-refractivity contribution in [3.05, 3.63) is 41.2 Å². The van der Waals surface area contributed by atoms with Crippen LogP contribution in [0.25, 0.3) is 10.2 Å². The number of carbonyl (C=O) groups is 1. The summed E-state index contributed by atoms with van der Waals surface area (Å²) in [5, 5.41) is 0. The molecule has 1 aliphatic rings. The van der Waals surface area contributed by atoms with Crippen molar-refractivity contribution in [2.75, 3.05) is 26.1 Å². The molecule has 0 spiro atoms. The molecular weight excluding hydrogens is 416 g/mol. The Morgan fingerprint density at radius 3 is 2.48 bits per heavy atom. The number of fused-ring (bicyclic) bond motifs is 2. The Balaban J connectivity index is 1.63. The first-order valence-corrected chi connectivity index (χ1v) is 11.2. The van der Waals surface area contributed by atoms with E-state index in [1.165, 1.54) is 42.7 Å². The zero-order chi connectivity index (χ0) is 20.6. The number of amides is 1. The van der Waals surface area contributed by atoms with Crippen LogP contribution in [-0.4, -0.2) is 45.0 Å². The van der Waals surface area contributed by atoms with Gasteiger partial charge in [-0.3, -0.25) is 4.79 Å². The highest BCUT2D eigenvalue weighted by Crippen LogP contribution is 2.35. The fourth-order valence-corrected chi connectivity index (χ4v) is 5.09. The van der Waals surface area contributed by atoms with Crippen LogP contribution in [0.2, 0.25) is 0 Å². The number of benzene rings is 2. The molecule has 4 rings (SSSR count). The molecule has 1 aromatic heterocycles. The molecule has 0 saturated heterocycles. The predicted molar refractivity (Wildman–Crippen MR) is 107 cm³/mol. The van der Waals surface area contributed by atoms with Crippen LogP contribution in [0, 0.1) is 0 Å². The maximum absolute atomic E-state index is 12.5. The number of thiazole rings is 1. The lowest BCUT2D eigenvalue weighted by Gasteiger charge is -2.18. The summed E-state index contributed by atoms with van der Waals surface area (Å²) in [7, 11) is -0.550. The Morgan fingerprint density at radius 1 is 1.17 bits per heavy atom. The average molecular weight is 434 g/mol. The first kappa shape index (κ1) is 19.5. The van der Waals surface area contributed by atoms with Gasteiger partial charge in [0.2, 0.25) is 0 Å². The van der Waals surface area contributed by atoms with Gasteiger partial charge in [0.05, 0.1) is 22.2 Å². The minimum atomic E-state index is -3.80. The molecule has 2 heterocycles. The molecule has 0 radical (unpaired) electrons. The molecule has 0 bridgehead atoms. The van der Waals surface area contributed by atoms with Gasteiger partial charge in [-0.15, -0.1) is 0 Å². The lowest BCUT2D eigenvalue weighted by Crippen LogP contribution is -2.19. The number of hydrogen-bond acceptors (Lipinski definition) is 7. The number of ether oxygens (including phenoxy) is 3. The smallest absolute Gasteiger partial charge is 0.263 e. The Bertz CT molecular complexity index is 1260. The molecule has 1 amide bonds. The van der Waals surface area contributed by atoms with E-state index in [0.29, 0.717) is 35.3 Å². The van der Waals surface area contributed by atoms with E-state index in [0.717, 1.165) is 10.2 Å². The second kappa shape index (κ2) is 7.53. The van der Waals surface area contributed by atoms with Gasteiger partial charge >= 0.3 is 0 Å². The number of hydrogen-bond donors (Lipinski definition) is 0. The maximum Gasteiger partial charge on any atom is 0.263 e. The molecule has 0 N–H and O–H groups in total. The van der Waals surface area contributed by atoms with E-state index in [1.807, 2.05) is 12.1 Å². The summed E-state index contributed by atoms with van der Waals surface area (Å²) in [6.07, 6.45) is 0. The molecule has 10 heteroatoms. The Labute approximate surface area is 170 Å². The van der Waals surface area contributed by atoms with Crippen LogP contribution in [0.1, 0.15) is 0 Å². The highest BCUT2D eigenvalue weighted by atomic mass is 32.2. The van der Waals surface area contributed by atoms with E-state index in [-0.39, 0.29) is 4.90 Å². The molecule has 1 aliphatic heterocycles. The molecule has 0 aliphatic carbocycles. The normalized spacial score (nSPS) is 14.2. The van der Waals surface area contributed by atoms with Gasteiger partial charge in [-0.25, -0.2) is 8.42 Å². The third-order valence-electron chi connectivity index (χ3n) is 4.43. The van der Waals surface area contributed by atoms with Gasteiger partial charge in [0.1, 0.15) is 24.7 Å². The topological polar surface area (TPSA) is 96.2 Å². The summed E-state index contributed by atoms with van der Waals surface area (Å²) in [5.41, 5.74) is 0.823. The van der Waals surface area contributed by atoms with E-state index in [1.54, 1.807) is 11.6 Å². The van der Waals surface area contributed by atoms with Gasteiger partial charge in [-0.2, -0.15) is 4.99 Å². The monoisotopic (exact) mass is 434 g/mol. The summed E-state index contributed by atoms with van der Waals surface area (Å²) in [6.45, 7) is 0.959.